The van der Waals surface area contributed by atoms with Gasteiger partial charge in [0.1, 0.15) is 5.75 Å². The van der Waals surface area contributed by atoms with Gasteiger partial charge in [-0.15, -0.1) is 0 Å². The molecule has 1 aliphatic heterocycles. The molecule has 0 atom stereocenters. The van der Waals surface area contributed by atoms with Crippen LogP contribution in [0.1, 0.15) is 71.3 Å². The summed E-state index contributed by atoms with van der Waals surface area (Å²) in [5, 5.41) is 0. The Morgan fingerprint density at radius 1 is 1.12 bits per heavy atom. The van der Waals surface area contributed by atoms with Gasteiger partial charge in [0.05, 0.1) is 12.6 Å². The van der Waals surface area contributed by atoms with Gasteiger partial charge in [0, 0.05) is 31.7 Å². The lowest BCUT2D eigenvalue weighted by atomic mass is 9.71. The molecule has 5 heteroatoms. The van der Waals surface area contributed by atoms with E-state index in [4.69, 9.17) is 4.74 Å². The topological polar surface area (TPSA) is 36.0 Å². The van der Waals surface area contributed by atoms with Crippen LogP contribution >= 0.6 is 0 Å². The van der Waals surface area contributed by atoms with E-state index in [1.54, 1.807) is 7.11 Å². The number of hydrogen-bond acceptors (Lipinski definition) is 3. The second kappa shape index (κ2) is 9.24. The molecular weight excluding hydrogens is 398 g/mol. The maximum Gasteiger partial charge on any atom is 0.320 e. The Kier molecular flexibility index (Phi) is 6.76. The number of ether oxygens (including phenoxy) is 1. The fourth-order valence-corrected chi connectivity index (χ4v) is 5.99. The molecule has 1 aromatic carbocycles. The SMILES string of the molecule is COc1ccc(CN2CC3(CCC(C)(N(C)CC(C)C)CC3)N(CC3CCC3)C2=O)cc1. The minimum Gasteiger partial charge on any atom is -0.497 e. The number of nitrogens with zero attached hydrogens (tertiary/aromatic N) is 3. The molecule has 4 rings (SSSR count). The summed E-state index contributed by atoms with van der Waals surface area (Å²) in [6.07, 6.45) is 8.46. The van der Waals surface area contributed by atoms with Gasteiger partial charge in [-0.05, 0) is 82.0 Å². The zero-order valence-electron chi connectivity index (χ0n) is 20.9. The second-order valence-electron chi connectivity index (χ2n) is 11.4. The van der Waals surface area contributed by atoms with Crippen molar-refractivity contribution < 1.29 is 9.53 Å². The zero-order valence-corrected chi connectivity index (χ0v) is 20.9. The van der Waals surface area contributed by atoms with Gasteiger partial charge in [0.25, 0.3) is 0 Å². The third kappa shape index (κ3) is 4.64. The summed E-state index contributed by atoms with van der Waals surface area (Å²) < 4.78 is 5.30. The van der Waals surface area contributed by atoms with Crippen LogP contribution in [0.4, 0.5) is 4.79 Å². The molecule has 2 aliphatic carbocycles. The average Bonchev–Trinajstić information content (AvgIpc) is 2.98. The predicted octanol–water partition coefficient (Wildman–Crippen LogP) is 5.39. The Morgan fingerprint density at radius 2 is 1.78 bits per heavy atom. The van der Waals surface area contributed by atoms with Crippen molar-refractivity contribution in [1.82, 2.24) is 14.7 Å². The van der Waals surface area contributed by atoms with E-state index in [1.165, 1.54) is 37.7 Å². The van der Waals surface area contributed by atoms with Crippen LogP contribution < -0.4 is 4.74 Å². The molecule has 0 unspecified atom stereocenters. The first-order valence-corrected chi connectivity index (χ1v) is 12.7. The fourth-order valence-electron chi connectivity index (χ4n) is 5.99. The zero-order chi connectivity index (χ0) is 22.9. The summed E-state index contributed by atoms with van der Waals surface area (Å²) in [5.41, 5.74) is 1.43. The lowest BCUT2D eigenvalue weighted by Gasteiger charge is -2.51. The summed E-state index contributed by atoms with van der Waals surface area (Å²) in [7, 11) is 3.98. The molecule has 1 aromatic rings. The van der Waals surface area contributed by atoms with Crippen molar-refractivity contribution in [2.24, 2.45) is 11.8 Å². The Labute approximate surface area is 195 Å². The summed E-state index contributed by atoms with van der Waals surface area (Å²) in [6.45, 7) is 10.7. The van der Waals surface area contributed by atoms with Crippen LogP contribution in [0.25, 0.3) is 0 Å². The van der Waals surface area contributed by atoms with E-state index in [0.717, 1.165) is 38.2 Å². The predicted molar refractivity (Wildman–Crippen MR) is 130 cm³/mol. The van der Waals surface area contributed by atoms with E-state index in [-0.39, 0.29) is 17.1 Å². The first-order valence-electron chi connectivity index (χ1n) is 12.7. The van der Waals surface area contributed by atoms with Crippen LogP contribution in [0.5, 0.6) is 5.75 Å². The molecular formula is C27H43N3O2. The normalized spacial score (nSPS) is 28.8. The van der Waals surface area contributed by atoms with E-state index in [2.05, 4.69) is 54.7 Å². The Hall–Kier alpha value is -1.75. The quantitative estimate of drug-likeness (QED) is 0.542. The van der Waals surface area contributed by atoms with Crippen molar-refractivity contribution >= 4 is 6.03 Å². The maximum atomic E-state index is 13.6. The molecule has 2 amide bonds. The molecule has 5 nitrogen and oxygen atoms in total. The average molecular weight is 442 g/mol. The highest BCUT2D eigenvalue weighted by atomic mass is 16.5. The first-order chi connectivity index (χ1) is 15.2. The van der Waals surface area contributed by atoms with Gasteiger partial charge < -0.3 is 19.4 Å². The van der Waals surface area contributed by atoms with Crippen molar-refractivity contribution in [3.63, 3.8) is 0 Å². The van der Waals surface area contributed by atoms with Gasteiger partial charge in [-0.25, -0.2) is 4.79 Å². The van der Waals surface area contributed by atoms with Crippen LogP contribution in [-0.2, 0) is 6.54 Å². The number of carbonyl (C=O) groups excluding carboxylic acids is 1. The van der Waals surface area contributed by atoms with Gasteiger partial charge in [-0.1, -0.05) is 32.4 Å². The second-order valence-corrected chi connectivity index (χ2v) is 11.4. The van der Waals surface area contributed by atoms with E-state index in [1.807, 2.05) is 12.1 Å². The number of carbonyl (C=O) groups is 1. The smallest absolute Gasteiger partial charge is 0.320 e. The molecule has 0 N–H and O–H groups in total. The van der Waals surface area contributed by atoms with E-state index < -0.39 is 0 Å². The van der Waals surface area contributed by atoms with Crippen molar-refractivity contribution in [3.05, 3.63) is 29.8 Å². The summed E-state index contributed by atoms with van der Waals surface area (Å²) in [4.78, 5) is 20.6. The summed E-state index contributed by atoms with van der Waals surface area (Å²) >= 11 is 0. The lowest BCUT2D eigenvalue weighted by Crippen LogP contribution is -2.57. The number of urea groups is 1. The highest BCUT2D eigenvalue weighted by Gasteiger charge is 2.53. The van der Waals surface area contributed by atoms with Crippen molar-refractivity contribution in [1.29, 1.82) is 0 Å². The third-order valence-electron chi connectivity index (χ3n) is 8.58. The monoisotopic (exact) mass is 441 g/mol. The van der Waals surface area contributed by atoms with Crippen LogP contribution in [0.3, 0.4) is 0 Å². The standard InChI is InChI=1S/C27H43N3O2/c1-21(2)17-28(4)26(3)13-15-27(16-14-26)20-29(18-23-9-11-24(32-5)12-10-23)25(31)30(27)19-22-7-6-8-22/h9-12,21-22H,6-8,13-20H2,1-5H3. The van der Waals surface area contributed by atoms with Crippen molar-refractivity contribution in [2.75, 3.05) is 33.8 Å². The molecule has 3 aliphatic rings. The van der Waals surface area contributed by atoms with Gasteiger partial charge in [-0.3, -0.25) is 0 Å². The Bertz CT molecular complexity index is 779. The van der Waals surface area contributed by atoms with Crippen molar-refractivity contribution in [3.8, 4) is 5.75 Å². The van der Waals surface area contributed by atoms with Gasteiger partial charge in [-0.2, -0.15) is 0 Å². The number of rotatable bonds is 8. The molecule has 1 spiro atoms. The fraction of sp³-hybridized carbons (Fsp3) is 0.741. The molecule has 0 radical (unpaired) electrons. The molecule has 1 heterocycles. The van der Waals surface area contributed by atoms with E-state index in [9.17, 15) is 4.79 Å². The summed E-state index contributed by atoms with van der Waals surface area (Å²) in [6, 6.07) is 8.42. The van der Waals surface area contributed by atoms with Gasteiger partial charge in [0.15, 0.2) is 0 Å². The molecule has 178 valence electrons. The number of hydrogen-bond donors (Lipinski definition) is 0. The number of amides is 2. The van der Waals surface area contributed by atoms with Crippen LogP contribution in [0.2, 0.25) is 0 Å². The van der Waals surface area contributed by atoms with Crippen LogP contribution in [0, 0.1) is 11.8 Å². The Morgan fingerprint density at radius 3 is 2.31 bits per heavy atom. The summed E-state index contributed by atoms with van der Waals surface area (Å²) in [5.74, 6) is 2.24. The molecule has 3 fully saturated rings. The number of benzene rings is 1. The Balaban J connectivity index is 1.49. The minimum absolute atomic E-state index is 0.0112. The molecule has 0 aromatic heterocycles. The van der Waals surface area contributed by atoms with E-state index >= 15 is 0 Å². The first kappa shape index (κ1) is 23.4. The molecule has 2 saturated carbocycles. The maximum absolute atomic E-state index is 13.6. The third-order valence-corrected chi connectivity index (χ3v) is 8.58. The van der Waals surface area contributed by atoms with Gasteiger partial charge in [0.2, 0.25) is 0 Å². The lowest BCUT2D eigenvalue weighted by molar-refractivity contribution is 0.0130. The highest BCUT2D eigenvalue weighted by Crippen LogP contribution is 2.46. The largest absolute Gasteiger partial charge is 0.497 e. The number of methoxy groups -OCH3 is 1. The molecule has 0 bridgehead atoms. The van der Waals surface area contributed by atoms with Crippen molar-refractivity contribution in [2.45, 2.75) is 83.3 Å². The van der Waals surface area contributed by atoms with Crippen LogP contribution in [-0.4, -0.2) is 65.6 Å². The minimum atomic E-state index is 0.0112. The van der Waals surface area contributed by atoms with Crippen LogP contribution in [0.15, 0.2) is 24.3 Å². The van der Waals surface area contributed by atoms with E-state index in [0.29, 0.717) is 18.4 Å². The van der Waals surface area contributed by atoms with Gasteiger partial charge >= 0.3 is 6.03 Å². The molecule has 32 heavy (non-hydrogen) atoms. The highest BCUT2D eigenvalue weighted by molar-refractivity contribution is 5.78. The molecule has 1 saturated heterocycles.